The van der Waals surface area contributed by atoms with Crippen molar-refractivity contribution in [1.29, 1.82) is 0 Å². The van der Waals surface area contributed by atoms with Crippen molar-refractivity contribution in [2.24, 2.45) is 0 Å². The fourth-order valence-electron chi connectivity index (χ4n) is 3.77. The number of hydrogen-bond acceptors (Lipinski definition) is 5. The van der Waals surface area contributed by atoms with Crippen LogP contribution in [0.5, 0.6) is 5.75 Å². The largest absolute Gasteiger partial charge is 0.497 e. The van der Waals surface area contributed by atoms with E-state index in [9.17, 15) is 18.0 Å². The van der Waals surface area contributed by atoms with Crippen molar-refractivity contribution in [3.8, 4) is 5.75 Å². The molecule has 0 heterocycles. The predicted octanol–water partition coefficient (Wildman–Crippen LogP) is 4.40. The maximum atomic E-state index is 13.6. The maximum Gasteiger partial charge on any atom is 0.329 e. The smallest absolute Gasteiger partial charge is 0.329 e. The normalized spacial score (nSPS) is 11.9. The Morgan fingerprint density at radius 3 is 2.22 bits per heavy atom. The summed E-state index contributed by atoms with van der Waals surface area (Å²) >= 11 is 0. The van der Waals surface area contributed by atoms with Gasteiger partial charge in [-0.2, -0.15) is 0 Å². The molecule has 3 amide bonds. The molecule has 0 bridgehead atoms. The van der Waals surface area contributed by atoms with Crippen LogP contribution >= 0.6 is 0 Å². The average Bonchev–Trinajstić information content (AvgIpc) is 2.89. The molecule has 0 saturated heterocycles. The van der Waals surface area contributed by atoms with Gasteiger partial charge in [-0.15, -0.1) is 0 Å². The number of rotatable bonds is 10. The molecule has 0 aromatic heterocycles. The van der Waals surface area contributed by atoms with Gasteiger partial charge in [0.15, 0.2) is 0 Å². The molecule has 0 spiro atoms. The van der Waals surface area contributed by atoms with Crippen molar-refractivity contribution in [3.05, 3.63) is 90.0 Å². The molecule has 8 nitrogen and oxygen atoms in total. The summed E-state index contributed by atoms with van der Waals surface area (Å²) < 4.78 is 32.9. The van der Waals surface area contributed by atoms with E-state index in [1.165, 1.54) is 17.0 Å². The van der Waals surface area contributed by atoms with Crippen LogP contribution in [0.15, 0.2) is 83.8 Å². The fraction of sp³-hybridized carbons (Fsp3) is 0.259. The lowest BCUT2D eigenvalue weighted by Crippen LogP contribution is -2.53. The number of methoxy groups -OCH3 is 1. The summed E-state index contributed by atoms with van der Waals surface area (Å²) in [5.74, 6) is 0.282. The van der Waals surface area contributed by atoms with Gasteiger partial charge in [0.05, 0.1) is 12.0 Å². The second kappa shape index (κ2) is 12.2. The number of ether oxygens (including phenoxy) is 1. The molecule has 2 N–H and O–H groups in total. The number of nitrogens with one attached hydrogen (secondary N) is 2. The molecule has 0 aliphatic carbocycles. The molecule has 0 unspecified atom stereocenters. The van der Waals surface area contributed by atoms with Crippen LogP contribution in [0.25, 0.3) is 0 Å². The van der Waals surface area contributed by atoms with Gasteiger partial charge in [-0.3, -0.25) is 4.79 Å². The monoisotopic (exact) mass is 513 g/mol. The van der Waals surface area contributed by atoms with Crippen molar-refractivity contribution in [2.45, 2.75) is 37.6 Å². The Hall–Kier alpha value is -3.85. The number of urea groups is 1. The number of amides is 3. The summed E-state index contributed by atoms with van der Waals surface area (Å²) in [4.78, 5) is 27.9. The van der Waals surface area contributed by atoms with E-state index < -0.39 is 22.1 Å². The molecular formula is C27H35N3O5S. The van der Waals surface area contributed by atoms with E-state index >= 15 is 0 Å². The third kappa shape index (κ3) is 6.85. The zero-order valence-corrected chi connectivity index (χ0v) is 21.4. The molecular weight excluding hydrogens is 478 g/mol. The fourth-order valence-corrected chi connectivity index (χ4v) is 4.75. The quantitative estimate of drug-likeness (QED) is 0.418. The highest BCUT2D eigenvalue weighted by Gasteiger charge is 2.28. The average molecular weight is 514 g/mol. The highest BCUT2D eigenvalue weighted by molar-refractivity contribution is 7.90. The van der Waals surface area contributed by atoms with Crippen LogP contribution < -0.4 is 19.7 Å². The van der Waals surface area contributed by atoms with Crippen LogP contribution in [0.1, 0.15) is 27.8 Å². The minimum atomic E-state index is -4.12. The molecule has 9 heteroatoms. The summed E-state index contributed by atoms with van der Waals surface area (Å²) in [5, 5.41) is 2.58. The van der Waals surface area contributed by atoms with Crippen molar-refractivity contribution >= 4 is 27.6 Å². The van der Waals surface area contributed by atoms with Crippen LogP contribution in [0.4, 0.5) is 10.5 Å². The third-order valence-corrected chi connectivity index (χ3v) is 7.03. The standard InChI is InChI=1S/C27H31N3O5S.2H2/c1-4-20-12-9-13-24(18-20)36(33,34)29-27(32)28-25(19-21-10-7-6-8-11-21)26(31)30(5-2)22-14-16-23(35-3)17-15-22;;/h6-18,25H,4-5,19H2,1-3H3,(H2,28,29,32);2*1H/t25-;;/m0../s1. The lowest BCUT2D eigenvalue weighted by molar-refractivity contribution is -0.120. The second-order valence-electron chi connectivity index (χ2n) is 8.10. The van der Waals surface area contributed by atoms with Crippen molar-refractivity contribution in [2.75, 3.05) is 18.6 Å². The molecule has 1 atom stereocenters. The number of carbonyl (C=O) groups excluding carboxylic acids is 2. The van der Waals surface area contributed by atoms with Gasteiger partial charge < -0.3 is 15.0 Å². The zero-order valence-electron chi connectivity index (χ0n) is 20.6. The topological polar surface area (TPSA) is 105 Å². The first-order valence-corrected chi connectivity index (χ1v) is 13.2. The van der Waals surface area contributed by atoms with Crippen LogP contribution in [-0.4, -0.2) is 40.1 Å². The molecule has 0 aliphatic rings. The summed E-state index contributed by atoms with van der Waals surface area (Å²) in [7, 11) is -2.56. The molecule has 0 aliphatic heterocycles. The van der Waals surface area contributed by atoms with Gasteiger partial charge in [-0.25, -0.2) is 17.9 Å². The molecule has 0 fully saturated rings. The number of carbonyl (C=O) groups is 2. The molecule has 3 rings (SSSR count). The van der Waals surface area contributed by atoms with E-state index in [0.29, 0.717) is 24.4 Å². The van der Waals surface area contributed by atoms with Gasteiger partial charge in [0, 0.05) is 21.5 Å². The highest BCUT2D eigenvalue weighted by atomic mass is 32.2. The first-order valence-electron chi connectivity index (χ1n) is 11.7. The first kappa shape index (κ1) is 26.7. The van der Waals surface area contributed by atoms with E-state index in [1.54, 1.807) is 37.4 Å². The van der Waals surface area contributed by atoms with Crippen molar-refractivity contribution in [3.63, 3.8) is 0 Å². The summed E-state index contributed by atoms with van der Waals surface area (Å²) in [6.07, 6.45) is 0.840. The number of aryl methyl sites for hydroxylation is 1. The lowest BCUT2D eigenvalue weighted by Gasteiger charge is -2.27. The molecule has 194 valence electrons. The predicted molar refractivity (Wildman–Crippen MR) is 144 cm³/mol. The van der Waals surface area contributed by atoms with Crippen molar-refractivity contribution < 1.29 is 25.6 Å². The lowest BCUT2D eigenvalue weighted by atomic mass is 10.0. The Balaban J connectivity index is 0.00000361. The molecule has 3 aromatic carbocycles. The Labute approximate surface area is 215 Å². The Bertz CT molecular complexity index is 1290. The minimum Gasteiger partial charge on any atom is -0.497 e. The first-order chi connectivity index (χ1) is 17.3. The van der Waals surface area contributed by atoms with Crippen LogP contribution in [0.3, 0.4) is 0 Å². The van der Waals surface area contributed by atoms with E-state index in [2.05, 4.69) is 5.32 Å². The van der Waals surface area contributed by atoms with Gasteiger partial charge in [0.25, 0.3) is 10.0 Å². The molecule has 3 aromatic rings. The number of hydrogen-bond donors (Lipinski definition) is 2. The second-order valence-corrected chi connectivity index (χ2v) is 9.79. The van der Waals surface area contributed by atoms with Crippen LogP contribution in [0.2, 0.25) is 0 Å². The van der Waals surface area contributed by atoms with E-state index in [0.717, 1.165) is 11.1 Å². The minimum absolute atomic E-state index is 0. The summed E-state index contributed by atoms with van der Waals surface area (Å²) in [6.45, 7) is 4.09. The summed E-state index contributed by atoms with van der Waals surface area (Å²) in [5.41, 5.74) is 2.28. The van der Waals surface area contributed by atoms with E-state index in [4.69, 9.17) is 4.74 Å². The number of likely N-dealkylation sites (N-methyl/N-ethyl adjacent to an activating group) is 1. The van der Waals surface area contributed by atoms with Crippen molar-refractivity contribution in [1.82, 2.24) is 10.0 Å². The number of nitrogens with zero attached hydrogens (tertiary/aromatic N) is 1. The molecule has 0 saturated carbocycles. The van der Waals surface area contributed by atoms with Gasteiger partial charge in [-0.05, 0) is 60.9 Å². The van der Waals surface area contributed by atoms with E-state index in [-0.39, 0.29) is 20.1 Å². The Morgan fingerprint density at radius 1 is 0.944 bits per heavy atom. The number of sulfonamides is 1. The van der Waals surface area contributed by atoms with Gasteiger partial charge >= 0.3 is 6.03 Å². The Kier molecular flexibility index (Phi) is 9.08. The molecule has 36 heavy (non-hydrogen) atoms. The van der Waals surface area contributed by atoms with E-state index in [1.807, 2.05) is 55.0 Å². The van der Waals surface area contributed by atoms with Crippen LogP contribution in [0, 0.1) is 0 Å². The van der Waals surface area contributed by atoms with Crippen LogP contribution in [-0.2, 0) is 27.7 Å². The van der Waals surface area contributed by atoms with Gasteiger partial charge in [0.1, 0.15) is 11.8 Å². The van der Waals surface area contributed by atoms with Gasteiger partial charge in [-0.1, -0.05) is 49.4 Å². The summed E-state index contributed by atoms with van der Waals surface area (Å²) in [6, 6.07) is 20.6. The highest BCUT2D eigenvalue weighted by Crippen LogP contribution is 2.21. The maximum absolute atomic E-state index is 13.6. The van der Waals surface area contributed by atoms with Gasteiger partial charge in [0.2, 0.25) is 5.91 Å². The Morgan fingerprint density at radius 2 is 1.61 bits per heavy atom. The zero-order chi connectivity index (χ0) is 26.1. The number of anilines is 1. The molecule has 0 radical (unpaired) electrons. The number of benzene rings is 3. The third-order valence-electron chi connectivity index (χ3n) is 5.70. The SMILES string of the molecule is CCc1cccc(S(=O)(=O)NC(=O)N[C@@H](Cc2ccccc2)C(=O)N(CC)c2ccc(OC)cc2)c1.[HH].[HH].